The Morgan fingerprint density at radius 3 is 2.53 bits per heavy atom. The lowest BCUT2D eigenvalue weighted by atomic mass is 10.1. The fourth-order valence-electron chi connectivity index (χ4n) is 1.68. The van der Waals surface area contributed by atoms with E-state index >= 15 is 0 Å². The predicted octanol–water partition coefficient (Wildman–Crippen LogP) is 4.35. The smallest absolute Gasteiger partial charge is 0.269 e. The first-order chi connectivity index (χ1) is 9.13. The molecular weight excluding hydrogens is 242 g/mol. The number of nitro benzene ring substituents is 1. The van der Waals surface area contributed by atoms with Crippen LogP contribution in [0.5, 0.6) is 0 Å². The maximum absolute atomic E-state index is 10.5. The summed E-state index contributed by atoms with van der Waals surface area (Å²) in [6.45, 7) is 4.18. The molecule has 0 spiro atoms. The predicted molar refractivity (Wildman–Crippen MR) is 78.6 cm³/mol. The van der Waals surface area contributed by atoms with Crippen molar-refractivity contribution in [3.63, 3.8) is 0 Å². The number of hydrogen-bond acceptors (Lipinski definition) is 4. The first-order valence-corrected chi connectivity index (χ1v) is 6.67. The zero-order valence-electron chi connectivity index (χ0n) is 11.6. The van der Waals surface area contributed by atoms with Gasteiger partial charge >= 0.3 is 0 Å². The van der Waals surface area contributed by atoms with E-state index in [-0.39, 0.29) is 5.69 Å². The molecule has 0 radical (unpaired) electrons. The van der Waals surface area contributed by atoms with E-state index in [1.54, 1.807) is 12.1 Å². The molecule has 1 N–H and O–H groups in total. The highest BCUT2D eigenvalue weighted by Gasteiger charge is 2.03. The third-order valence-electron chi connectivity index (χ3n) is 2.85. The Labute approximate surface area is 113 Å². The Morgan fingerprint density at radius 1 is 1.26 bits per heavy atom. The van der Waals surface area contributed by atoms with Crippen LogP contribution in [0.15, 0.2) is 29.4 Å². The number of benzene rings is 1. The van der Waals surface area contributed by atoms with Crippen LogP contribution in [0, 0.1) is 10.1 Å². The molecule has 0 fully saturated rings. The second-order valence-electron chi connectivity index (χ2n) is 4.57. The Hall–Kier alpha value is -1.91. The number of nitrogens with one attached hydrogen (secondary N) is 1. The molecule has 0 heterocycles. The molecule has 5 nitrogen and oxygen atoms in total. The van der Waals surface area contributed by atoms with Crippen LogP contribution >= 0.6 is 0 Å². The molecule has 0 aliphatic carbocycles. The highest BCUT2D eigenvalue weighted by atomic mass is 16.6. The van der Waals surface area contributed by atoms with Gasteiger partial charge in [0.1, 0.15) is 0 Å². The lowest BCUT2D eigenvalue weighted by Gasteiger charge is -2.03. The van der Waals surface area contributed by atoms with Crippen LogP contribution in [0.2, 0.25) is 0 Å². The average Bonchev–Trinajstić information content (AvgIpc) is 2.42. The zero-order valence-corrected chi connectivity index (χ0v) is 11.6. The molecule has 0 saturated heterocycles. The SMILES string of the molecule is CCCCCCC(C)=NNc1ccc([N+](=O)[O-])cc1. The lowest BCUT2D eigenvalue weighted by molar-refractivity contribution is -0.384. The minimum atomic E-state index is -0.411. The minimum Gasteiger partial charge on any atom is -0.279 e. The molecule has 0 atom stereocenters. The van der Waals surface area contributed by atoms with Crippen LogP contribution in [0.1, 0.15) is 46.0 Å². The van der Waals surface area contributed by atoms with Crippen LogP contribution in [0.25, 0.3) is 0 Å². The van der Waals surface area contributed by atoms with Gasteiger partial charge in [-0.25, -0.2) is 0 Å². The molecule has 5 heteroatoms. The van der Waals surface area contributed by atoms with Gasteiger partial charge in [-0.15, -0.1) is 0 Å². The van der Waals surface area contributed by atoms with E-state index in [0.717, 1.165) is 24.2 Å². The fraction of sp³-hybridized carbons (Fsp3) is 0.500. The number of nitrogens with zero attached hydrogens (tertiary/aromatic N) is 2. The average molecular weight is 263 g/mol. The van der Waals surface area contributed by atoms with E-state index in [0.29, 0.717) is 0 Å². The fourth-order valence-corrected chi connectivity index (χ4v) is 1.68. The summed E-state index contributed by atoms with van der Waals surface area (Å²) in [6, 6.07) is 6.25. The molecule has 0 unspecified atom stereocenters. The first kappa shape index (κ1) is 15.1. The van der Waals surface area contributed by atoms with E-state index in [1.807, 2.05) is 6.92 Å². The van der Waals surface area contributed by atoms with Gasteiger partial charge < -0.3 is 0 Å². The number of rotatable bonds is 8. The van der Waals surface area contributed by atoms with Gasteiger partial charge in [-0.1, -0.05) is 26.2 Å². The molecule has 0 bridgehead atoms. The molecule has 0 amide bonds. The van der Waals surface area contributed by atoms with E-state index in [4.69, 9.17) is 0 Å². The zero-order chi connectivity index (χ0) is 14.1. The Kier molecular flexibility index (Phi) is 6.57. The monoisotopic (exact) mass is 263 g/mol. The first-order valence-electron chi connectivity index (χ1n) is 6.67. The van der Waals surface area contributed by atoms with Gasteiger partial charge in [-0.2, -0.15) is 5.10 Å². The Morgan fingerprint density at radius 2 is 1.95 bits per heavy atom. The molecule has 104 valence electrons. The summed E-state index contributed by atoms with van der Waals surface area (Å²) >= 11 is 0. The summed E-state index contributed by atoms with van der Waals surface area (Å²) in [7, 11) is 0. The van der Waals surface area contributed by atoms with Crippen LogP contribution in [-0.4, -0.2) is 10.6 Å². The maximum Gasteiger partial charge on any atom is 0.269 e. The van der Waals surface area contributed by atoms with Crippen LogP contribution < -0.4 is 5.43 Å². The molecular formula is C14H21N3O2. The second-order valence-corrected chi connectivity index (χ2v) is 4.57. The normalized spacial score (nSPS) is 11.4. The Bertz CT molecular complexity index is 427. The van der Waals surface area contributed by atoms with E-state index in [1.165, 1.54) is 31.4 Å². The molecule has 1 aromatic rings. The third kappa shape index (κ3) is 5.99. The summed E-state index contributed by atoms with van der Waals surface area (Å²) in [5, 5.41) is 14.8. The van der Waals surface area contributed by atoms with Crippen molar-refractivity contribution in [2.45, 2.75) is 46.0 Å². The van der Waals surface area contributed by atoms with Gasteiger partial charge in [0.15, 0.2) is 0 Å². The summed E-state index contributed by atoms with van der Waals surface area (Å²) in [5.74, 6) is 0. The molecule has 0 aliphatic heterocycles. The number of hydrazone groups is 1. The number of hydrogen-bond donors (Lipinski definition) is 1. The highest BCUT2D eigenvalue weighted by Crippen LogP contribution is 2.15. The minimum absolute atomic E-state index is 0.0887. The lowest BCUT2D eigenvalue weighted by Crippen LogP contribution is -1.98. The van der Waals surface area contributed by atoms with Gasteiger partial charge in [0.25, 0.3) is 5.69 Å². The van der Waals surface area contributed by atoms with E-state index < -0.39 is 4.92 Å². The Balaban J connectivity index is 2.39. The molecule has 0 aromatic heterocycles. The number of unbranched alkanes of at least 4 members (excludes halogenated alkanes) is 3. The number of anilines is 1. The van der Waals surface area contributed by atoms with Crippen LogP contribution in [-0.2, 0) is 0 Å². The molecule has 0 saturated carbocycles. The maximum atomic E-state index is 10.5. The molecule has 19 heavy (non-hydrogen) atoms. The van der Waals surface area contributed by atoms with Crippen molar-refractivity contribution in [2.24, 2.45) is 5.10 Å². The second kappa shape index (κ2) is 8.24. The van der Waals surface area contributed by atoms with E-state index in [9.17, 15) is 10.1 Å². The highest BCUT2D eigenvalue weighted by molar-refractivity contribution is 5.82. The van der Waals surface area contributed by atoms with Crippen molar-refractivity contribution in [3.05, 3.63) is 34.4 Å². The van der Waals surface area contributed by atoms with E-state index in [2.05, 4.69) is 17.5 Å². The van der Waals surface area contributed by atoms with Gasteiger partial charge in [0.2, 0.25) is 0 Å². The third-order valence-corrected chi connectivity index (χ3v) is 2.85. The van der Waals surface area contributed by atoms with Crippen molar-refractivity contribution in [1.29, 1.82) is 0 Å². The summed E-state index contributed by atoms with van der Waals surface area (Å²) in [6.07, 6.45) is 5.88. The van der Waals surface area contributed by atoms with Crippen LogP contribution in [0.3, 0.4) is 0 Å². The van der Waals surface area contributed by atoms with Gasteiger partial charge in [0, 0.05) is 17.8 Å². The van der Waals surface area contributed by atoms with Crippen molar-refractivity contribution in [3.8, 4) is 0 Å². The summed E-state index contributed by atoms with van der Waals surface area (Å²) < 4.78 is 0. The van der Waals surface area contributed by atoms with Crippen molar-refractivity contribution in [2.75, 3.05) is 5.43 Å². The van der Waals surface area contributed by atoms with Gasteiger partial charge in [-0.05, 0) is 31.9 Å². The topological polar surface area (TPSA) is 67.5 Å². The molecule has 1 aromatic carbocycles. The van der Waals surface area contributed by atoms with Gasteiger partial charge in [-0.3, -0.25) is 15.5 Å². The van der Waals surface area contributed by atoms with Crippen molar-refractivity contribution >= 4 is 17.1 Å². The number of nitro groups is 1. The van der Waals surface area contributed by atoms with Gasteiger partial charge in [0.05, 0.1) is 10.6 Å². The van der Waals surface area contributed by atoms with Crippen molar-refractivity contribution in [1.82, 2.24) is 0 Å². The standard InChI is InChI=1S/C14H21N3O2/c1-3-4-5-6-7-12(2)15-16-13-8-10-14(11-9-13)17(18)19/h8-11,16H,3-7H2,1-2H3. The number of non-ortho nitro benzene ring substituents is 1. The summed E-state index contributed by atoms with van der Waals surface area (Å²) in [4.78, 5) is 10.1. The largest absolute Gasteiger partial charge is 0.279 e. The van der Waals surface area contributed by atoms with Crippen LogP contribution in [0.4, 0.5) is 11.4 Å². The summed E-state index contributed by atoms with van der Waals surface area (Å²) in [5.41, 5.74) is 4.82. The quantitative estimate of drug-likeness (QED) is 0.328. The van der Waals surface area contributed by atoms with Crippen molar-refractivity contribution < 1.29 is 4.92 Å². The molecule has 1 rings (SSSR count). The molecule has 0 aliphatic rings.